The number of methoxy groups -OCH3 is 1. The van der Waals surface area contributed by atoms with E-state index in [2.05, 4.69) is 52.0 Å². The third kappa shape index (κ3) is 6.96. The molecule has 0 fully saturated rings. The fraction of sp³-hybridized carbons (Fsp3) is 0.308. The van der Waals surface area contributed by atoms with Gasteiger partial charge in [0.2, 0.25) is 0 Å². The van der Waals surface area contributed by atoms with Gasteiger partial charge in [0.05, 0.1) is 18.0 Å². The van der Waals surface area contributed by atoms with Crippen molar-refractivity contribution in [2.24, 2.45) is 0 Å². The largest absolute Gasteiger partial charge is 0.469 e. The van der Waals surface area contributed by atoms with Crippen LogP contribution in [0.4, 0.5) is 0 Å². The van der Waals surface area contributed by atoms with Crippen LogP contribution in [-0.2, 0) is 21.4 Å². The van der Waals surface area contributed by atoms with Gasteiger partial charge in [-0.2, -0.15) is 0 Å². The summed E-state index contributed by atoms with van der Waals surface area (Å²) in [6.45, 7) is 6.38. The molecule has 7 heteroatoms. The molecule has 0 saturated heterocycles. The Hall–Kier alpha value is -3.06. The number of benzene rings is 2. The van der Waals surface area contributed by atoms with Crippen LogP contribution in [-0.4, -0.2) is 35.0 Å². The van der Waals surface area contributed by atoms with Crippen LogP contribution in [0, 0.1) is 0 Å². The fourth-order valence-electron chi connectivity index (χ4n) is 3.38. The van der Waals surface area contributed by atoms with Crippen LogP contribution in [0.15, 0.2) is 65.4 Å². The molecule has 1 heterocycles. The summed E-state index contributed by atoms with van der Waals surface area (Å²) >= 11 is 3.33. The molecule has 0 aliphatic rings. The molecule has 33 heavy (non-hydrogen) atoms. The topological polar surface area (TPSA) is 81.2 Å². The van der Waals surface area contributed by atoms with Gasteiger partial charge < -0.3 is 10.1 Å². The van der Waals surface area contributed by atoms with Crippen molar-refractivity contribution >= 4 is 27.8 Å². The van der Waals surface area contributed by atoms with Crippen molar-refractivity contribution in [3.05, 3.63) is 82.1 Å². The van der Waals surface area contributed by atoms with E-state index in [9.17, 15) is 9.59 Å². The lowest BCUT2D eigenvalue weighted by atomic mass is 9.86. The highest BCUT2D eigenvalue weighted by Gasteiger charge is 2.20. The molecule has 1 atom stereocenters. The van der Waals surface area contributed by atoms with Crippen molar-refractivity contribution in [1.82, 2.24) is 15.3 Å². The molecule has 1 aromatic heterocycles. The molecule has 0 unspecified atom stereocenters. The first-order chi connectivity index (χ1) is 15.7. The molecule has 1 N–H and O–H groups in total. The average Bonchev–Trinajstić information content (AvgIpc) is 2.79. The number of hydrogen-bond donors (Lipinski definition) is 1. The summed E-state index contributed by atoms with van der Waals surface area (Å²) in [5.41, 5.74) is 3.59. The number of nitrogens with zero attached hydrogens (tertiary/aromatic N) is 2. The van der Waals surface area contributed by atoms with Gasteiger partial charge in [-0.15, -0.1) is 0 Å². The van der Waals surface area contributed by atoms with Crippen molar-refractivity contribution in [1.29, 1.82) is 0 Å². The van der Waals surface area contributed by atoms with Gasteiger partial charge >= 0.3 is 5.97 Å². The highest BCUT2D eigenvalue weighted by molar-refractivity contribution is 9.10. The quantitative estimate of drug-likeness (QED) is 0.447. The van der Waals surface area contributed by atoms with E-state index in [1.54, 1.807) is 12.4 Å². The summed E-state index contributed by atoms with van der Waals surface area (Å²) < 4.78 is 5.65. The first kappa shape index (κ1) is 24.6. The van der Waals surface area contributed by atoms with Gasteiger partial charge in [0.1, 0.15) is 0 Å². The number of rotatable bonds is 7. The van der Waals surface area contributed by atoms with Gasteiger partial charge in [0.25, 0.3) is 5.91 Å². The Morgan fingerprint density at radius 2 is 1.61 bits per heavy atom. The van der Waals surface area contributed by atoms with Crippen molar-refractivity contribution in [2.75, 3.05) is 7.11 Å². The van der Waals surface area contributed by atoms with Gasteiger partial charge in [-0.3, -0.25) is 9.59 Å². The van der Waals surface area contributed by atoms with Crippen molar-refractivity contribution < 1.29 is 14.3 Å². The summed E-state index contributed by atoms with van der Waals surface area (Å²) in [5.74, 6) is 0.0374. The minimum Gasteiger partial charge on any atom is -0.469 e. The molecule has 0 bridgehead atoms. The summed E-state index contributed by atoms with van der Waals surface area (Å²) in [6, 6.07) is 14.9. The summed E-state index contributed by atoms with van der Waals surface area (Å²) in [5, 5.41) is 2.99. The smallest absolute Gasteiger partial charge is 0.307 e. The first-order valence-corrected chi connectivity index (χ1v) is 11.5. The SMILES string of the molecule is COC(=O)C[C@H](Cc1ccc(-c2ncc(Br)cn2)cc1)NC(=O)c1ccc(C(C)(C)C)cc1. The zero-order valence-corrected chi connectivity index (χ0v) is 20.8. The molecule has 1 amide bonds. The van der Waals surface area contributed by atoms with E-state index in [4.69, 9.17) is 4.74 Å². The number of carbonyl (C=O) groups is 2. The highest BCUT2D eigenvalue weighted by atomic mass is 79.9. The normalized spacial score (nSPS) is 12.2. The van der Waals surface area contributed by atoms with Crippen LogP contribution in [0.2, 0.25) is 0 Å². The second-order valence-electron chi connectivity index (χ2n) is 8.90. The second kappa shape index (κ2) is 10.7. The van der Waals surface area contributed by atoms with Crippen molar-refractivity contribution in [2.45, 2.75) is 45.1 Å². The zero-order chi connectivity index (χ0) is 24.0. The number of hydrogen-bond acceptors (Lipinski definition) is 5. The minimum absolute atomic E-state index is 0.00980. The molecule has 172 valence electrons. The van der Waals surface area contributed by atoms with Crippen LogP contribution in [0.25, 0.3) is 11.4 Å². The van der Waals surface area contributed by atoms with E-state index < -0.39 is 6.04 Å². The van der Waals surface area contributed by atoms with E-state index in [0.29, 0.717) is 17.8 Å². The van der Waals surface area contributed by atoms with E-state index >= 15 is 0 Å². The van der Waals surface area contributed by atoms with Crippen LogP contribution in [0.3, 0.4) is 0 Å². The molecule has 3 rings (SSSR count). The van der Waals surface area contributed by atoms with Crippen LogP contribution >= 0.6 is 15.9 Å². The standard InChI is InChI=1S/C26H28BrN3O3/c1-26(2,3)20-11-9-19(10-12-20)25(32)30-22(14-23(31)33-4)13-17-5-7-18(8-6-17)24-28-15-21(27)16-29-24/h5-12,15-16,22H,13-14H2,1-4H3,(H,30,32)/t22-/m0/s1. The molecule has 0 radical (unpaired) electrons. The number of ether oxygens (including phenoxy) is 1. The number of halogens is 1. The molecule has 0 saturated carbocycles. The minimum atomic E-state index is -0.401. The Bertz CT molecular complexity index is 1090. The molecule has 0 aliphatic heterocycles. The fourth-order valence-corrected chi connectivity index (χ4v) is 3.59. The molecular formula is C26H28BrN3O3. The van der Waals surface area contributed by atoms with Crippen molar-refractivity contribution in [3.8, 4) is 11.4 Å². The Morgan fingerprint density at radius 3 is 2.15 bits per heavy atom. The van der Waals surface area contributed by atoms with E-state index in [0.717, 1.165) is 21.2 Å². The maximum atomic E-state index is 12.9. The van der Waals surface area contributed by atoms with Gasteiger partial charge in [-0.1, -0.05) is 57.2 Å². The number of aromatic nitrogens is 2. The molecule has 0 aliphatic carbocycles. The number of nitrogens with one attached hydrogen (secondary N) is 1. The van der Waals surface area contributed by atoms with Gasteiger partial charge in [0.15, 0.2) is 5.82 Å². The lowest BCUT2D eigenvalue weighted by molar-refractivity contribution is -0.141. The first-order valence-electron chi connectivity index (χ1n) is 10.7. The predicted octanol–water partition coefficient (Wildman–Crippen LogP) is 5.11. The number of amides is 1. The van der Waals surface area contributed by atoms with E-state index in [1.165, 1.54) is 7.11 Å². The summed E-state index contributed by atoms with van der Waals surface area (Å²) in [7, 11) is 1.35. The van der Waals surface area contributed by atoms with Crippen LogP contribution in [0.5, 0.6) is 0 Å². The maximum Gasteiger partial charge on any atom is 0.307 e. The molecular weight excluding hydrogens is 482 g/mol. The third-order valence-corrected chi connectivity index (χ3v) is 5.71. The Kier molecular flexibility index (Phi) is 7.97. The van der Waals surface area contributed by atoms with Gasteiger partial charge in [0, 0.05) is 29.6 Å². The molecule has 0 spiro atoms. The average molecular weight is 510 g/mol. The Morgan fingerprint density at radius 1 is 1.00 bits per heavy atom. The van der Waals surface area contributed by atoms with Gasteiger partial charge in [-0.05, 0) is 51.0 Å². The molecule has 6 nitrogen and oxygen atoms in total. The van der Waals surface area contributed by atoms with Crippen LogP contribution in [0.1, 0.15) is 48.7 Å². The number of carbonyl (C=O) groups excluding carboxylic acids is 2. The Balaban J connectivity index is 1.72. The predicted molar refractivity (Wildman–Crippen MR) is 132 cm³/mol. The molecule has 3 aromatic rings. The highest BCUT2D eigenvalue weighted by Crippen LogP contribution is 2.22. The number of esters is 1. The maximum absolute atomic E-state index is 12.9. The monoisotopic (exact) mass is 509 g/mol. The lowest BCUT2D eigenvalue weighted by Gasteiger charge is -2.20. The van der Waals surface area contributed by atoms with E-state index in [-0.39, 0.29) is 23.7 Å². The van der Waals surface area contributed by atoms with Crippen molar-refractivity contribution in [3.63, 3.8) is 0 Å². The second-order valence-corrected chi connectivity index (χ2v) is 9.82. The zero-order valence-electron chi connectivity index (χ0n) is 19.3. The summed E-state index contributed by atoms with van der Waals surface area (Å²) in [6.07, 6.45) is 3.97. The summed E-state index contributed by atoms with van der Waals surface area (Å²) in [4.78, 5) is 33.4. The third-order valence-electron chi connectivity index (χ3n) is 5.30. The van der Waals surface area contributed by atoms with Gasteiger partial charge in [-0.25, -0.2) is 9.97 Å². The lowest BCUT2D eigenvalue weighted by Crippen LogP contribution is -2.38. The Labute approximate surface area is 202 Å². The molecule has 2 aromatic carbocycles. The van der Waals surface area contributed by atoms with Crippen LogP contribution < -0.4 is 5.32 Å². The van der Waals surface area contributed by atoms with E-state index in [1.807, 2.05) is 48.5 Å².